The SMILES string of the molecule is CC(=O)N1CCN(c2nc(N)c3c4c(sc3n2)CCCCC4)CC1. The van der Waals surface area contributed by atoms with Crippen LogP contribution in [0.3, 0.4) is 0 Å². The third kappa shape index (κ3) is 2.70. The lowest BCUT2D eigenvalue weighted by atomic mass is 10.1. The van der Waals surface area contributed by atoms with Gasteiger partial charge in [0.25, 0.3) is 0 Å². The van der Waals surface area contributed by atoms with Crippen LogP contribution in [0.1, 0.15) is 36.6 Å². The number of carbonyl (C=O) groups is 1. The van der Waals surface area contributed by atoms with E-state index in [0.29, 0.717) is 11.8 Å². The van der Waals surface area contributed by atoms with Crippen LogP contribution in [-0.4, -0.2) is 47.0 Å². The van der Waals surface area contributed by atoms with Gasteiger partial charge in [0.05, 0.1) is 5.39 Å². The van der Waals surface area contributed by atoms with Crippen molar-refractivity contribution in [2.45, 2.75) is 39.0 Å². The lowest BCUT2D eigenvalue weighted by Gasteiger charge is -2.34. The Bertz CT molecular complexity index is 779. The van der Waals surface area contributed by atoms with Crippen LogP contribution in [-0.2, 0) is 17.6 Å². The van der Waals surface area contributed by atoms with E-state index >= 15 is 0 Å². The Morgan fingerprint density at radius 2 is 1.83 bits per heavy atom. The molecule has 1 aliphatic carbocycles. The molecule has 2 aliphatic rings. The minimum atomic E-state index is 0.132. The van der Waals surface area contributed by atoms with E-state index in [0.717, 1.165) is 49.2 Å². The van der Waals surface area contributed by atoms with Crippen molar-refractivity contribution in [1.29, 1.82) is 0 Å². The molecule has 24 heavy (non-hydrogen) atoms. The molecule has 2 N–H and O–H groups in total. The van der Waals surface area contributed by atoms with Crippen LogP contribution in [0.2, 0.25) is 0 Å². The van der Waals surface area contributed by atoms with E-state index in [1.807, 2.05) is 4.90 Å². The molecule has 0 bridgehead atoms. The van der Waals surface area contributed by atoms with E-state index in [1.165, 1.54) is 29.7 Å². The molecule has 1 amide bonds. The normalized spacial score (nSPS) is 18.5. The molecule has 0 aromatic carbocycles. The Hall–Kier alpha value is -1.89. The highest BCUT2D eigenvalue weighted by Crippen LogP contribution is 2.38. The topological polar surface area (TPSA) is 75.4 Å². The van der Waals surface area contributed by atoms with Crippen LogP contribution in [0.25, 0.3) is 10.2 Å². The highest BCUT2D eigenvalue weighted by Gasteiger charge is 2.24. The largest absolute Gasteiger partial charge is 0.383 e. The lowest BCUT2D eigenvalue weighted by Crippen LogP contribution is -2.48. The number of carbonyl (C=O) groups excluding carboxylic acids is 1. The number of nitrogen functional groups attached to an aromatic ring is 1. The Balaban J connectivity index is 1.65. The number of nitrogens with zero attached hydrogens (tertiary/aromatic N) is 4. The molecule has 4 rings (SSSR count). The molecular weight excluding hydrogens is 322 g/mol. The minimum Gasteiger partial charge on any atom is -0.383 e. The summed E-state index contributed by atoms with van der Waals surface area (Å²) < 4.78 is 0. The van der Waals surface area contributed by atoms with Crippen molar-refractivity contribution in [2.75, 3.05) is 36.8 Å². The smallest absolute Gasteiger partial charge is 0.228 e. The molecule has 7 heteroatoms. The van der Waals surface area contributed by atoms with Gasteiger partial charge in [0.2, 0.25) is 11.9 Å². The standard InChI is InChI=1S/C17H23N5OS/c1-11(23)21-7-9-22(10-8-21)17-19-15(18)14-12-5-3-2-4-6-13(12)24-16(14)20-17/h2-10H2,1H3,(H2,18,19,20). The second-order valence-corrected chi connectivity index (χ2v) is 7.73. The van der Waals surface area contributed by atoms with Gasteiger partial charge < -0.3 is 15.5 Å². The molecule has 1 aliphatic heterocycles. The molecule has 1 fully saturated rings. The van der Waals surface area contributed by atoms with Gasteiger partial charge in [-0.25, -0.2) is 4.98 Å². The van der Waals surface area contributed by atoms with Gasteiger partial charge >= 0.3 is 0 Å². The van der Waals surface area contributed by atoms with Crippen LogP contribution in [0, 0.1) is 0 Å². The van der Waals surface area contributed by atoms with Gasteiger partial charge in [0.15, 0.2) is 0 Å². The van der Waals surface area contributed by atoms with Gasteiger partial charge in [-0.2, -0.15) is 4.98 Å². The predicted molar refractivity (Wildman–Crippen MR) is 97.6 cm³/mol. The number of aromatic nitrogens is 2. The summed E-state index contributed by atoms with van der Waals surface area (Å²) in [6.45, 7) is 4.58. The summed E-state index contributed by atoms with van der Waals surface area (Å²) in [5, 5.41) is 1.09. The molecule has 6 nitrogen and oxygen atoms in total. The average Bonchev–Trinajstić information content (AvgIpc) is 2.77. The van der Waals surface area contributed by atoms with Crippen molar-refractivity contribution < 1.29 is 4.79 Å². The second kappa shape index (κ2) is 6.20. The average molecular weight is 345 g/mol. The van der Waals surface area contributed by atoms with Crippen molar-refractivity contribution in [3.05, 3.63) is 10.4 Å². The van der Waals surface area contributed by atoms with E-state index in [4.69, 9.17) is 10.7 Å². The first kappa shape index (κ1) is 15.6. The number of piperazine rings is 1. The number of fused-ring (bicyclic) bond motifs is 3. The Kier molecular flexibility index (Phi) is 4.04. The van der Waals surface area contributed by atoms with Crippen LogP contribution in [0.5, 0.6) is 0 Å². The molecule has 128 valence electrons. The van der Waals surface area contributed by atoms with Crippen LogP contribution < -0.4 is 10.6 Å². The maximum absolute atomic E-state index is 11.5. The van der Waals surface area contributed by atoms with E-state index in [9.17, 15) is 4.79 Å². The van der Waals surface area contributed by atoms with Gasteiger partial charge in [0.1, 0.15) is 10.6 Å². The van der Waals surface area contributed by atoms with Crippen molar-refractivity contribution >= 4 is 39.2 Å². The molecule has 0 atom stereocenters. The van der Waals surface area contributed by atoms with Crippen molar-refractivity contribution in [1.82, 2.24) is 14.9 Å². The minimum absolute atomic E-state index is 0.132. The summed E-state index contributed by atoms with van der Waals surface area (Å²) in [5.41, 5.74) is 7.71. The number of hydrogen-bond acceptors (Lipinski definition) is 6. The molecule has 0 unspecified atom stereocenters. The zero-order chi connectivity index (χ0) is 16.7. The molecule has 2 aromatic rings. The van der Waals surface area contributed by atoms with Gasteiger partial charge in [0, 0.05) is 38.0 Å². The van der Waals surface area contributed by atoms with Crippen LogP contribution in [0.4, 0.5) is 11.8 Å². The van der Waals surface area contributed by atoms with Crippen LogP contribution in [0.15, 0.2) is 0 Å². The first-order valence-electron chi connectivity index (χ1n) is 8.71. The van der Waals surface area contributed by atoms with Crippen LogP contribution >= 0.6 is 11.3 Å². The first-order valence-corrected chi connectivity index (χ1v) is 9.53. The van der Waals surface area contributed by atoms with Gasteiger partial charge in [-0.05, 0) is 31.2 Å². The number of amides is 1. The van der Waals surface area contributed by atoms with Crippen molar-refractivity contribution in [3.8, 4) is 0 Å². The molecule has 0 radical (unpaired) electrons. The number of rotatable bonds is 1. The predicted octanol–water partition coefficient (Wildman–Crippen LogP) is 2.21. The molecule has 2 aromatic heterocycles. The number of aryl methyl sites for hydroxylation is 2. The zero-order valence-corrected chi connectivity index (χ0v) is 14.9. The zero-order valence-electron chi connectivity index (χ0n) is 14.0. The third-order valence-electron chi connectivity index (χ3n) is 5.09. The number of thiophene rings is 1. The highest BCUT2D eigenvalue weighted by molar-refractivity contribution is 7.19. The van der Waals surface area contributed by atoms with Crippen molar-refractivity contribution in [2.24, 2.45) is 0 Å². The van der Waals surface area contributed by atoms with Gasteiger partial charge in [-0.1, -0.05) is 6.42 Å². The fraction of sp³-hybridized carbons (Fsp3) is 0.588. The van der Waals surface area contributed by atoms with E-state index in [2.05, 4.69) is 9.88 Å². The Morgan fingerprint density at radius 3 is 2.58 bits per heavy atom. The fourth-order valence-electron chi connectivity index (χ4n) is 3.71. The molecule has 0 saturated carbocycles. The summed E-state index contributed by atoms with van der Waals surface area (Å²) in [5.74, 6) is 1.45. The number of hydrogen-bond donors (Lipinski definition) is 1. The Labute approximate surface area is 145 Å². The lowest BCUT2D eigenvalue weighted by molar-refractivity contribution is -0.129. The quantitative estimate of drug-likeness (QED) is 0.802. The van der Waals surface area contributed by atoms with E-state index in [1.54, 1.807) is 18.3 Å². The summed E-state index contributed by atoms with van der Waals surface area (Å²) in [6.07, 6.45) is 6.02. The summed E-state index contributed by atoms with van der Waals surface area (Å²) in [4.78, 5) is 27.4. The fourth-order valence-corrected chi connectivity index (χ4v) is 4.98. The number of anilines is 2. The monoisotopic (exact) mass is 345 g/mol. The number of nitrogens with two attached hydrogens (primary N) is 1. The maximum atomic E-state index is 11.5. The molecular formula is C17H23N5OS. The van der Waals surface area contributed by atoms with Gasteiger partial charge in [-0.3, -0.25) is 4.79 Å². The second-order valence-electron chi connectivity index (χ2n) is 6.65. The van der Waals surface area contributed by atoms with E-state index in [-0.39, 0.29) is 5.91 Å². The summed E-state index contributed by atoms with van der Waals surface area (Å²) >= 11 is 1.79. The highest BCUT2D eigenvalue weighted by atomic mass is 32.1. The third-order valence-corrected chi connectivity index (χ3v) is 6.27. The Morgan fingerprint density at radius 1 is 1.08 bits per heavy atom. The molecule has 0 spiro atoms. The van der Waals surface area contributed by atoms with Gasteiger partial charge in [-0.15, -0.1) is 11.3 Å². The van der Waals surface area contributed by atoms with E-state index < -0.39 is 0 Å². The maximum Gasteiger partial charge on any atom is 0.228 e. The molecule has 1 saturated heterocycles. The summed E-state index contributed by atoms with van der Waals surface area (Å²) in [6, 6.07) is 0. The van der Waals surface area contributed by atoms with Crippen molar-refractivity contribution in [3.63, 3.8) is 0 Å². The summed E-state index contributed by atoms with van der Waals surface area (Å²) in [7, 11) is 0. The molecule has 3 heterocycles. The first-order chi connectivity index (χ1) is 11.6.